The summed E-state index contributed by atoms with van der Waals surface area (Å²) in [5, 5.41) is 0. The van der Waals surface area contributed by atoms with E-state index in [9.17, 15) is 4.57 Å². The van der Waals surface area contributed by atoms with Gasteiger partial charge in [0.05, 0.1) is 0 Å². The average Bonchev–Trinajstić information content (AvgIpc) is 1.98. The zero-order valence-corrected chi connectivity index (χ0v) is 7.85. The molecule has 0 spiro atoms. The van der Waals surface area contributed by atoms with Gasteiger partial charge in [0, 0.05) is 13.3 Å². The Kier molecular flexibility index (Phi) is 7.44. The van der Waals surface area contributed by atoms with Crippen molar-refractivity contribution in [3.63, 3.8) is 0 Å². The Morgan fingerprint density at radius 2 is 2.00 bits per heavy atom. The topological polar surface area (TPSA) is 26.3 Å². The molecule has 2 nitrogen and oxygen atoms in total. The van der Waals surface area contributed by atoms with Gasteiger partial charge in [-0.2, -0.15) is 0 Å². The Morgan fingerprint density at radius 3 is 2.50 bits per heavy atom. The van der Waals surface area contributed by atoms with Gasteiger partial charge in [0.2, 0.25) is 0 Å². The molecule has 1 atom stereocenters. The van der Waals surface area contributed by atoms with Gasteiger partial charge in [0.25, 0.3) is 0 Å². The molecule has 0 N–H and O–H groups in total. The first-order valence-electron chi connectivity index (χ1n) is 3.88. The number of rotatable bonds is 6. The van der Waals surface area contributed by atoms with Gasteiger partial charge in [-0.05, 0) is 6.42 Å². The third kappa shape index (κ3) is 6.31. The van der Waals surface area contributed by atoms with E-state index in [1.165, 1.54) is 26.4 Å². The minimum Gasteiger partial charge on any atom is -0.334 e. The second kappa shape index (κ2) is 7.30. The number of hydrogen-bond acceptors (Lipinski definition) is 2. The molecule has 0 aromatic heterocycles. The molecule has 0 amide bonds. The minimum atomic E-state index is -1.66. The lowest BCUT2D eigenvalue weighted by molar-refractivity contribution is 0.413. The van der Waals surface area contributed by atoms with Crippen LogP contribution in [0, 0.1) is 0 Å². The fourth-order valence-corrected chi connectivity index (χ4v) is 1.54. The van der Waals surface area contributed by atoms with Crippen molar-refractivity contribution in [2.24, 2.45) is 0 Å². The number of unbranched alkanes of at least 4 members (excludes halogenated alkanes) is 3. The summed E-state index contributed by atoms with van der Waals surface area (Å²) < 4.78 is 15.4. The maximum absolute atomic E-state index is 10.7. The maximum Gasteiger partial charge on any atom is 0.191 e. The lowest BCUT2D eigenvalue weighted by atomic mass is 10.2. The zero-order valence-electron chi connectivity index (χ0n) is 6.85. The van der Waals surface area contributed by atoms with Crippen molar-refractivity contribution < 1.29 is 9.09 Å². The van der Waals surface area contributed by atoms with Crippen LogP contribution in [0.2, 0.25) is 0 Å². The summed E-state index contributed by atoms with van der Waals surface area (Å²) in [6, 6.07) is 0. The SMILES string of the molecule is CCCCCC[PH](=O)OC. The minimum absolute atomic E-state index is 0.765. The Labute approximate surface area is 63.8 Å². The Bertz CT molecular complexity index is 93.6. The highest BCUT2D eigenvalue weighted by Gasteiger charge is 1.94. The molecule has 62 valence electrons. The normalized spacial score (nSPS) is 13.4. The van der Waals surface area contributed by atoms with Gasteiger partial charge >= 0.3 is 0 Å². The zero-order chi connectivity index (χ0) is 7.82. The summed E-state index contributed by atoms with van der Waals surface area (Å²) in [6.45, 7) is 2.17. The van der Waals surface area contributed by atoms with Crippen LogP contribution in [0.1, 0.15) is 32.6 Å². The molecular weight excluding hydrogens is 147 g/mol. The molecule has 0 aliphatic carbocycles. The predicted octanol–water partition coefficient (Wildman–Crippen LogP) is 2.69. The third-order valence-corrected chi connectivity index (χ3v) is 2.68. The van der Waals surface area contributed by atoms with Crippen LogP contribution in [-0.2, 0) is 9.09 Å². The van der Waals surface area contributed by atoms with Crippen LogP contribution in [0.15, 0.2) is 0 Å². The molecule has 0 bridgehead atoms. The van der Waals surface area contributed by atoms with E-state index in [4.69, 9.17) is 0 Å². The summed E-state index contributed by atoms with van der Waals surface area (Å²) in [7, 11) is -0.144. The van der Waals surface area contributed by atoms with E-state index in [1.54, 1.807) is 0 Å². The first kappa shape index (κ1) is 10.2. The molecule has 0 rings (SSSR count). The maximum atomic E-state index is 10.7. The second-order valence-electron chi connectivity index (χ2n) is 2.39. The lowest BCUT2D eigenvalue weighted by Crippen LogP contribution is -1.81. The van der Waals surface area contributed by atoms with Gasteiger partial charge in [0.1, 0.15) is 0 Å². The van der Waals surface area contributed by atoms with Crippen LogP contribution >= 0.6 is 8.03 Å². The fourth-order valence-electron chi connectivity index (χ4n) is 0.798. The van der Waals surface area contributed by atoms with Gasteiger partial charge < -0.3 is 4.52 Å². The molecule has 0 aliphatic heterocycles. The Morgan fingerprint density at radius 1 is 1.30 bits per heavy atom. The highest BCUT2D eigenvalue weighted by atomic mass is 31.1. The van der Waals surface area contributed by atoms with Crippen molar-refractivity contribution in [2.45, 2.75) is 32.6 Å². The van der Waals surface area contributed by atoms with Crippen LogP contribution < -0.4 is 0 Å². The van der Waals surface area contributed by atoms with Crippen molar-refractivity contribution in [1.29, 1.82) is 0 Å². The van der Waals surface area contributed by atoms with Gasteiger partial charge in [-0.15, -0.1) is 0 Å². The molecule has 1 unspecified atom stereocenters. The lowest BCUT2D eigenvalue weighted by Gasteiger charge is -1.97. The number of hydrogen-bond donors (Lipinski definition) is 0. The summed E-state index contributed by atoms with van der Waals surface area (Å²) in [5.41, 5.74) is 0. The highest BCUT2D eigenvalue weighted by molar-refractivity contribution is 7.39. The predicted molar refractivity (Wildman–Crippen MR) is 45.0 cm³/mol. The average molecular weight is 164 g/mol. The largest absolute Gasteiger partial charge is 0.334 e. The van der Waals surface area contributed by atoms with Crippen LogP contribution in [-0.4, -0.2) is 13.3 Å². The smallest absolute Gasteiger partial charge is 0.191 e. The van der Waals surface area contributed by atoms with Gasteiger partial charge in [-0.3, -0.25) is 4.57 Å². The molecule has 0 aliphatic rings. The molecule has 10 heavy (non-hydrogen) atoms. The molecule has 0 heterocycles. The Hall–Kier alpha value is 0.190. The van der Waals surface area contributed by atoms with E-state index >= 15 is 0 Å². The molecule has 0 aromatic rings. The Balaban J connectivity index is 2.96. The third-order valence-electron chi connectivity index (χ3n) is 1.46. The van der Waals surface area contributed by atoms with Crippen molar-refractivity contribution in [1.82, 2.24) is 0 Å². The van der Waals surface area contributed by atoms with E-state index in [2.05, 4.69) is 11.4 Å². The van der Waals surface area contributed by atoms with Crippen molar-refractivity contribution >= 4 is 8.03 Å². The monoisotopic (exact) mass is 164 g/mol. The molecule has 0 saturated carbocycles. The first-order valence-corrected chi connectivity index (χ1v) is 5.40. The van der Waals surface area contributed by atoms with E-state index in [0.717, 1.165) is 12.6 Å². The summed E-state index contributed by atoms with van der Waals surface area (Å²) in [4.78, 5) is 0. The summed E-state index contributed by atoms with van der Waals surface area (Å²) in [5.74, 6) is 0. The highest BCUT2D eigenvalue weighted by Crippen LogP contribution is 2.22. The van der Waals surface area contributed by atoms with Crippen LogP contribution in [0.3, 0.4) is 0 Å². The first-order chi connectivity index (χ1) is 4.81. The standard InChI is InChI=1S/C7H17O2P/c1-3-4-5-6-7-10(8)9-2/h10H,3-7H2,1-2H3. The molecule has 0 fully saturated rings. The van der Waals surface area contributed by atoms with Gasteiger partial charge in [-0.25, -0.2) is 0 Å². The molecule has 0 saturated heterocycles. The van der Waals surface area contributed by atoms with E-state index in [-0.39, 0.29) is 0 Å². The van der Waals surface area contributed by atoms with Crippen LogP contribution in [0.4, 0.5) is 0 Å². The van der Waals surface area contributed by atoms with E-state index < -0.39 is 8.03 Å². The molecule has 3 heteroatoms. The molecule has 0 radical (unpaired) electrons. The van der Waals surface area contributed by atoms with E-state index in [0.29, 0.717) is 0 Å². The van der Waals surface area contributed by atoms with Crippen LogP contribution in [0.25, 0.3) is 0 Å². The van der Waals surface area contributed by atoms with E-state index in [1.807, 2.05) is 0 Å². The van der Waals surface area contributed by atoms with Crippen LogP contribution in [0.5, 0.6) is 0 Å². The van der Waals surface area contributed by atoms with Crippen molar-refractivity contribution in [2.75, 3.05) is 13.3 Å². The molecule has 0 aromatic carbocycles. The fraction of sp³-hybridized carbons (Fsp3) is 1.00. The summed E-state index contributed by atoms with van der Waals surface area (Å²) in [6.07, 6.45) is 5.49. The van der Waals surface area contributed by atoms with Gasteiger partial charge in [0.15, 0.2) is 8.03 Å². The molecular formula is C7H17O2P. The quantitative estimate of drug-likeness (QED) is 0.445. The van der Waals surface area contributed by atoms with Crippen molar-refractivity contribution in [3.05, 3.63) is 0 Å². The van der Waals surface area contributed by atoms with Crippen molar-refractivity contribution in [3.8, 4) is 0 Å². The summed E-state index contributed by atoms with van der Waals surface area (Å²) >= 11 is 0. The van der Waals surface area contributed by atoms with Gasteiger partial charge in [-0.1, -0.05) is 26.2 Å². The second-order valence-corrected chi connectivity index (χ2v) is 4.04.